The summed E-state index contributed by atoms with van der Waals surface area (Å²) >= 11 is 0. The molecule has 1 saturated heterocycles. The van der Waals surface area contributed by atoms with Crippen LogP contribution in [0.5, 0.6) is 0 Å². The first-order valence-corrected chi connectivity index (χ1v) is 9.43. The predicted octanol–water partition coefficient (Wildman–Crippen LogP) is 4.07. The molecular formula is C19H32N2O2. The number of fused-ring (bicyclic) bond motifs is 3. The van der Waals surface area contributed by atoms with Crippen LogP contribution in [0.4, 0.5) is 0 Å². The molecule has 5 atom stereocenters. The Morgan fingerprint density at radius 3 is 2.74 bits per heavy atom. The molecule has 3 rings (SSSR count). The van der Waals surface area contributed by atoms with E-state index in [4.69, 9.17) is 0 Å². The van der Waals surface area contributed by atoms with Crippen LogP contribution in [0.3, 0.4) is 0 Å². The molecule has 0 spiro atoms. The molecule has 1 N–H and O–H groups in total. The molecule has 0 radical (unpaired) electrons. The lowest BCUT2D eigenvalue weighted by atomic mass is 9.53. The van der Waals surface area contributed by atoms with Crippen molar-refractivity contribution >= 4 is 11.6 Å². The van der Waals surface area contributed by atoms with Crippen molar-refractivity contribution in [1.29, 1.82) is 0 Å². The summed E-state index contributed by atoms with van der Waals surface area (Å²) in [4.78, 5) is 14.2. The SMILES string of the molecule is CC1C/C(=N\O)CCCCC2C1CCC1N(C)C(=O)CC[C@]21C. The fourth-order valence-electron chi connectivity index (χ4n) is 5.97. The third kappa shape index (κ3) is 2.89. The van der Waals surface area contributed by atoms with Gasteiger partial charge in [-0.3, -0.25) is 4.79 Å². The number of hydrogen-bond donors (Lipinski definition) is 1. The maximum Gasteiger partial charge on any atom is 0.222 e. The molecule has 4 unspecified atom stereocenters. The smallest absolute Gasteiger partial charge is 0.222 e. The zero-order valence-electron chi connectivity index (χ0n) is 14.9. The fourth-order valence-corrected chi connectivity index (χ4v) is 5.97. The van der Waals surface area contributed by atoms with Crippen LogP contribution in [0.15, 0.2) is 5.16 Å². The average molecular weight is 320 g/mol. The molecule has 1 heterocycles. The first-order chi connectivity index (χ1) is 11.0. The second kappa shape index (κ2) is 6.45. The summed E-state index contributed by atoms with van der Waals surface area (Å²) in [5.74, 6) is 2.30. The number of piperidine rings is 1. The van der Waals surface area contributed by atoms with E-state index in [1.165, 1.54) is 19.3 Å². The van der Waals surface area contributed by atoms with Gasteiger partial charge >= 0.3 is 0 Å². The van der Waals surface area contributed by atoms with Gasteiger partial charge in [0.05, 0.1) is 5.71 Å². The number of hydrogen-bond acceptors (Lipinski definition) is 3. The second-order valence-corrected chi connectivity index (χ2v) is 8.47. The molecule has 3 aliphatic rings. The van der Waals surface area contributed by atoms with Crippen LogP contribution in [0.25, 0.3) is 0 Å². The first kappa shape index (κ1) is 16.8. The summed E-state index contributed by atoms with van der Waals surface area (Å²) in [5, 5.41) is 12.8. The molecule has 1 aliphatic heterocycles. The van der Waals surface area contributed by atoms with E-state index in [1.807, 2.05) is 7.05 Å². The molecule has 130 valence electrons. The monoisotopic (exact) mass is 320 g/mol. The summed E-state index contributed by atoms with van der Waals surface area (Å²) in [6.45, 7) is 4.79. The van der Waals surface area contributed by atoms with Crippen LogP contribution < -0.4 is 0 Å². The molecule has 0 aromatic heterocycles. The topological polar surface area (TPSA) is 52.9 Å². The normalized spacial score (nSPS) is 44.0. The Kier molecular flexibility index (Phi) is 4.70. The van der Waals surface area contributed by atoms with E-state index in [2.05, 4.69) is 23.9 Å². The predicted molar refractivity (Wildman–Crippen MR) is 91.6 cm³/mol. The molecule has 0 bridgehead atoms. The minimum Gasteiger partial charge on any atom is -0.411 e. The third-order valence-corrected chi connectivity index (χ3v) is 7.30. The van der Waals surface area contributed by atoms with Crippen LogP contribution in [0, 0.1) is 23.2 Å². The number of likely N-dealkylation sites (tertiary alicyclic amines) is 1. The average Bonchev–Trinajstić information content (AvgIpc) is 2.61. The molecular weight excluding hydrogens is 288 g/mol. The van der Waals surface area contributed by atoms with Gasteiger partial charge < -0.3 is 10.1 Å². The lowest BCUT2D eigenvalue weighted by molar-refractivity contribution is -0.150. The highest BCUT2D eigenvalue weighted by Gasteiger charge is 2.53. The number of carbonyl (C=O) groups excluding carboxylic acids is 1. The highest BCUT2D eigenvalue weighted by atomic mass is 16.4. The number of nitrogens with zero attached hydrogens (tertiary/aromatic N) is 2. The van der Waals surface area contributed by atoms with E-state index in [0.717, 1.165) is 37.8 Å². The Balaban J connectivity index is 1.88. The van der Waals surface area contributed by atoms with Crippen molar-refractivity contribution < 1.29 is 10.0 Å². The van der Waals surface area contributed by atoms with E-state index >= 15 is 0 Å². The van der Waals surface area contributed by atoms with Crippen LogP contribution >= 0.6 is 0 Å². The van der Waals surface area contributed by atoms with Crippen LogP contribution in [0.1, 0.15) is 71.6 Å². The van der Waals surface area contributed by atoms with Crippen molar-refractivity contribution in [2.24, 2.45) is 28.3 Å². The van der Waals surface area contributed by atoms with Gasteiger partial charge in [-0.1, -0.05) is 25.4 Å². The van der Waals surface area contributed by atoms with Gasteiger partial charge in [-0.05, 0) is 68.1 Å². The minimum absolute atomic E-state index is 0.265. The first-order valence-electron chi connectivity index (χ1n) is 9.43. The molecule has 23 heavy (non-hydrogen) atoms. The van der Waals surface area contributed by atoms with Crippen molar-refractivity contribution in [1.82, 2.24) is 4.90 Å². The van der Waals surface area contributed by atoms with Gasteiger partial charge in [0.25, 0.3) is 0 Å². The van der Waals surface area contributed by atoms with Crippen molar-refractivity contribution in [3.8, 4) is 0 Å². The fraction of sp³-hybridized carbons (Fsp3) is 0.895. The molecule has 3 fully saturated rings. The largest absolute Gasteiger partial charge is 0.411 e. The molecule has 4 nitrogen and oxygen atoms in total. The second-order valence-electron chi connectivity index (χ2n) is 8.47. The van der Waals surface area contributed by atoms with Gasteiger partial charge in [-0.15, -0.1) is 0 Å². The van der Waals surface area contributed by atoms with Gasteiger partial charge in [0, 0.05) is 19.5 Å². The number of amides is 1. The Hall–Kier alpha value is -1.06. The van der Waals surface area contributed by atoms with Gasteiger partial charge in [-0.2, -0.15) is 0 Å². The minimum atomic E-state index is 0.265. The van der Waals surface area contributed by atoms with Crippen LogP contribution in [-0.4, -0.2) is 34.8 Å². The highest BCUT2D eigenvalue weighted by molar-refractivity contribution is 5.84. The number of rotatable bonds is 0. The lowest BCUT2D eigenvalue weighted by Gasteiger charge is -2.57. The van der Waals surface area contributed by atoms with E-state index in [9.17, 15) is 10.0 Å². The molecule has 4 heteroatoms. The quantitative estimate of drug-likeness (QED) is 0.540. The summed E-state index contributed by atoms with van der Waals surface area (Å²) < 4.78 is 0. The van der Waals surface area contributed by atoms with Gasteiger partial charge in [0.1, 0.15) is 0 Å². The van der Waals surface area contributed by atoms with E-state index in [1.54, 1.807) is 0 Å². The summed E-state index contributed by atoms with van der Waals surface area (Å²) in [6.07, 6.45) is 9.60. The van der Waals surface area contributed by atoms with Crippen molar-refractivity contribution in [2.75, 3.05) is 7.05 Å². The van der Waals surface area contributed by atoms with Crippen molar-refractivity contribution in [3.63, 3.8) is 0 Å². The van der Waals surface area contributed by atoms with E-state index < -0.39 is 0 Å². The van der Waals surface area contributed by atoms with E-state index in [-0.39, 0.29) is 5.41 Å². The van der Waals surface area contributed by atoms with Crippen molar-refractivity contribution in [2.45, 2.75) is 77.7 Å². The maximum atomic E-state index is 12.2. The summed E-state index contributed by atoms with van der Waals surface area (Å²) in [5.41, 5.74) is 1.25. The Morgan fingerprint density at radius 1 is 1.22 bits per heavy atom. The highest BCUT2D eigenvalue weighted by Crippen LogP contribution is 2.55. The van der Waals surface area contributed by atoms with Crippen LogP contribution in [0.2, 0.25) is 0 Å². The molecule has 1 amide bonds. The Labute approximate surface area is 140 Å². The third-order valence-electron chi connectivity index (χ3n) is 7.30. The zero-order valence-corrected chi connectivity index (χ0v) is 14.9. The molecule has 2 saturated carbocycles. The molecule has 0 aromatic carbocycles. The van der Waals surface area contributed by atoms with Gasteiger partial charge in [0.15, 0.2) is 0 Å². The van der Waals surface area contributed by atoms with Crippen LogP contribution in [-0.2, 0) is 4.79 Å². The maximum absolute atomic E-state index is 12.2. The lowest BCUT2D eigenvalue weighted by Crippen LogP contribution is -2.59. The Bertz CT molecular complexity index is 490. The molecule has 0 aromatic rings. The number of oxime groups is 1. The summed E-state index contributed by atoms with van der Waals surface area (Å²) in [7, 11) is 2.01. The number of carbonyl (C=O) groups is 1. The summed E-state index contributed by atoms with van der Waals surface area (Å²) in [6, 6.07) is 0.420. The van der Waals surface area contributed by atoms with Gasteiger partial charge in [-0.25, -0.2) is 0 Å². The molecule has 2 aliphatic carbocycles. The van der Waals surface area contributed by atoms with Gasteiger partial charge in [0.2, 0.25) is 5.91 Å². The standard InChI is InChI=1S/C19H32N2O2/c1-13-12-14(20-23)6-4-5-7-16-15(13)8-9-17-19(16,2)11-10-18(22)21(17)3/h13,15-17,23H,4-12H2,1-3H3/b20-14-/t13?,15?,16?,17?,19-/m1/s1. The zero-order chi connectivity index (χ0) is 16.6. The van der Waals surface area contributed by atoms with Crippen molar-refractivity contribution in [3.05, 3.63) is 0 Å². The Morgan fingerprint density at radius 2 is 2.00 bits per heavy atom. The van der Waals surface area contributed by atoms with E-state index in [0.29, 0.717) is 36.1 Å².